The van der Waals surface area contributed by atoms with Gasteiger partial charge in [0.25, 0.3) is 0 Å². The molecule has 2 atom stereocenters. The molecule has 1 aliphatic heterocycles. The summed E-state index contributed by atoms with van der Waals surface area (Å²) in [5, 5.41) is 0.867. The van der Waals surface area contributed by atoms with Gasteiger partial charge in [0.1, 0.15) is 11.4 Å². The first kappa shape index (κ1) is 17.7. The zero-order chi connectivity index (χ0) is 18.2. The lowest BCUT2D eigenvalue weighted by Crippen LogP contribution is -2.36. The number of halogens is 1. The number of fused-ring (bicyclic) bond motifs is 1. The van der Waals surface area contributed by atoms with Gasteiger partial charge in [-0.1, -0.05) is 0 Å². The minimum absolute atomic E-state index is 0.0722. The van der Waals surface area contributed by atoms with Crippen LogP contribution in [0.4, 0.5) is 9.18 Å². The van der Waals surface area contributed by atoms with Crippen molar-refractivity contribution in [3.05, 3.63) is 35.8 Å². The number of nitrogens with one attached hydrogen (secondary N) is 1. The molecule has 2 heterocycles. The average Bonchev–Trinajstić information content (AvgIpc) is 3.14. The van der Waals surface area contributed by atoms with Gasteiger partial charge in [-0.15, -0.1) is 0 Å². The van der Waals surface area contributed by atoms with Crippen molar-refractivity contribution < 1.29 is 13.9 Å². The molecule has 25 heavy (non-hydrogen) atoms. The molecule has 1 aliphatic rings. The summed E-state index contributed by atoms with van der Waals surface area (Å²) in [4.78, 5) is 17.2. The first-order valence-corrected chi connectivity index (χ1v) is 8.73. The van der Waals surface area contributed by atoms with Gasteiger partial charge in [0.15, 0.2) is 0 Å². The van der Waals surface area contributed by atoms with E-state index >= 15 is 0 Å². The summed E-state index contributed by atoms with van der Waals surface area (Å²) in [6.07, 6.45) is 2.50. The number of hydrogen-bond donors (Lipinski definition) is 2. The Morgan fingerprint density at radius 2 is 2.24 bits per heavy atom. The van der Waals surface area contributed by atoms with Gasteiger partial charge < -0.3 is 20.4 Å². The lowest BCUT2D eigenvalue weighted by atomic mass is 9.85. The van der Waals surface area contributed by atoms with Crippen LogP contribution in [-0.4, -0.2) is 41.2 Å². The summed E-state index contributed by atoms with van der Waals surface area (Å²) in [6, 6.07) is 4.73. The van der Waals surface area contributed by atoms with Crippen molar-refractivity contribution >= 4 is 17.0 Å². The van der Waals surface area contributed by atoms with Gasteiger partial charge in [-0.25, -0.2) is 9.18 Å². The summed E-state index contributed by atoms with van der Waals surface area (Å²) in [5.74, 6) is 0.0497. The van der Waals surface area contributed by atoms with E-state index in [2.05, 4.69) is 4.98 Å². The number of carbonyl (C=O) groups excluding carboxylic acids is 1. The van der Waals surface area contributed by atoms with Crippen molar-refractivity contribution in [1.82, 2.24) is 9.88 Å². The van der Waals surface area contributed by atoms with Gasteiger partial charge in [-0.05, 0) is 63.4 Å². The second-order valence-corrected chi connectivity index (χ2v) is 7.75. The van der Waals surface area contributed by atoms with Crippen LogP contribution in [0, 0.1) is 11.7 Å². The molecule has 0 aliphatic carbocycles. The van der Waals surface area contributed by atoms with Crippen LogP contribution < -0.4 is 5.73 Å². The summed E-state index contributed by atoms with van der Waals surface area (Å²) >= 11 is 0. The average molecular weight is 347 g/mol. The fraction of sp³-hybridized carbons (Fsp3) is 0.526. The summed E-state index contributed by atoms with van der Waals surface area (Å²) in [7, 11) is 0. The van der Waals surface area contributed by atoms with Crippen molar-refractivity contribution in [2.24, 2.45) is 11.7 Å². The maximum atomic E-state index is 13.6. The standard InChI is InChI=1S/C19H26FN3O2/c1-19(2,3)25-18(24)23-7-6-12(11-23)15(9-21)16-10-22-17-5-4-13(20)8-14(16)17/h4-5,8,10,12,15,22H,6-7,9,11,21H2,1-3H3. The molecule has 5 nitrogen and oxygen atoms in total. The zero-order valence-electron chi connectivity index (χ0n) is 15.0. The van der Waals surface area contributed by atoms with Crippen LogP contribution in [-0.2, 0) is 4.74 Å². The molecule has 1 aromatic carbocycles. The molecule has 136 valence electrons. The normalized spacial score (nSPS) is 19.4. The van der Waals surface area contributed by atoms with E-state index in [0.717, 1.165) is 22.9 Å². The Morgan fingerprint density at radius 1 is 1.48 bits per heavy atom. The van der Waals surface area contributed by atoms with E-state index in [4.69, 9.17) is 10.5 Å². The molecule has 3 rings (SSSR count). The van der Waals surface area contributed by atoms with E-state index in [1.165, 1.54) is 6.07 Å². The van der Waals surface area contributed by atoms with Crippen LogP contribution in [0.1, 0.15) is 38.7 Å². The Morgan fingerprint density at radius 3 is 2.92 bits per heavy atom. The number of aromatic amines is 1. The molecule has 0 spiro atoms. The molecule has 1 amide bonds. The van der Waals surface area contributed by atoms with Crippen LogP contribution >= 0.6 is 0 Å². The predicted molar refractivity (Wildman–Crippen MR) is 96.0 cm³/mol. The molecule has 0 bridgehead atoms. The van der Waals surface area contributed by atoms with E-state index in [0.29, 0.717) is 19.6 Å². The van der Waals surface area contributed by atoms with E-state index in [1.807, 2.05) is 27.0 Å². The van der Waals surface area contributed by atoms with Crippen LogP contribution in [0.2, 0.25) is 0 Å². The minimum atomic E-state index is -0.503. The summed E-state index contributed by atoms with van der Waals surface area (Å²) < 4.78 is 19.1. The number of aromatic nitrogens is 1. The molecule has 3 N–H and O–H groups in total. The molecule has 2 unspecified atom stereocenters. The van der Waals surface area contributed by atoms with Crippen molar-refractivity contribution in [3.63, 3.8) is 0 Å². The lowest BCUT2D eigenvalue weighted by Gasteiger charge is -2.26. The van der Waals surface area contributed by atoms with Crippen molar-refractivity contribution in [2.45, 2.75) is 38.7 Å². The Balaban J connectivity index is 1.78. The molecule has 1 aromatic heterocycles. The van der Waals surface area contributed by atoms with Gasteiger partial charge in [-0.2, -0.15) is 0 Å². The molecule has 2 aromatic rings. The highest BCUT2D eigenvalue weighted by atomic mass is 19.1. The Hall–Kier alpha value is -2.08. The highest BCUT2D eigenvalue weighted by Gasteiger charge is 2.35. The lowest BCUT2D eigenvalue weighted by molar-refractivity contribution is 0.0286. The van der Waals surface area contributed by atoms with Crippen LogP contribution in [0.25, 0.3) is 10.9 Å². The second kappa shape index (κ2) is 6.67. The van der Waals surface area contributed by atoms with E-state index < -0.39 is 5.60 Å². The first-order chi connectivity index (χ1) is 11.8. The van der Waals surface area contributed by atoms with Gasteiger partial charge in [0.2, 0.25) is 0 Å². The van der Waals surface area contributed by atoms with Crippen LogP contribution in [0.3, 0.4) is 0 Å². The zero-order valence-corrected chi connectivity index (χ0v) is 15.0. The number of carbonyl (C=O) groups is 1. The monoisotopic (exact) mass is 347 g/mol. The highest BCUT2D eigenvalue weighted by molar-refractivity contribution is 5.84. The van der Waals surface area contributed by atoms with E-state index in [-0.39, 0.29) is 23.7 Å². The fourth-order valence-corrected chi connectivity index (χ4v) is 3.60. The number of nitrogens with two attached hydrogens (primary N) is 1. The van der Waals surface area contributed by atoms with Gasteiger partial charge in [-0.3, -0.25) is 0 Å². The summed E-state index contributed by atoms with van der Waals surface area (Å²) in [5.41, 5.74) is 7.47. The third-order valence-electron chi connectivity index (χ3n) is 4.77. The molecule has 0 saturated carbocycles. The first-order valence-electron chi connectivity index (χ1n) is 8.73. The minimum Gasteiger partial charge on any atom is -0.444 e. The maximum absolute atomic E-state index is 13.6. The predicted octanol–water partition coefficient (Wildman–Crippen LogP) is 3.61. The third kappa shape index (κ3) is 3.79. The number of likely N-dealkylation sites (tertiary alicyclic amines) is 1. The molecule has 1 fully saturated rings. The van der Waals surface area contributed by atoms with Gasteiger partial charge >= 0.3 is 6.09 Å². The molecule has 0 radical (unpaired) electrons. The SMILES string of the molecule is CC(C)(C)OC(=O)N1CCC(C(CN)c2c[nH]c3ccc(F)cc23)C1. The van der Waals surface area contributed by atoms with Gasteiger partial charge in [0.05, 0.1) is 0 Å². The van der Waals surface area contributed by atoms with Crippen molar-refractivity contribution in [3.8, 4) is 0 Å². The summed E-state index contributed by atoms with van der Waals surface area (Å²) in [6.45, 7) is 7.31. The maximum Gasteiger partial charge on any atom is 0.410 e. The smallest absolute Gasteiger partial charge is 0.410 e. The largest absolute Gasteiger partial charge is 0.444 e. The second-order valence-electron chi connectivity index (χ2n) is 7.75. The fourth-order valence-electron chi connectivity index (χ4n) is 3.60. The quantitative estimate of drug-likeness (QED) is 0.891. The van der Waals surface area contributed by atoms with Crippen molar-refractivity contribution in [1.29, 1.82) is 0 Å². The van der Waals surface area contributed by atoms with Crippen LogP contribution in [0.5, 0.6) is 0 Å². The number of benzene rings is 1. The van der Waals surface area contributed by atoms with Crippen LogP contribution in [0.15, 0.2) is 24.4 Å². The molecular weight excluding hydrogens is 321 g/mol. The number of amides is 1. The number of ether oxygens (including phenoxy) is 1. The van der Waals surface area contributed by atoms with E-state index in [9.17, 15) is 9.18 Å². The number of H-pyrrole nitrogens is 1. The Kier molecular flexibility index (Phi) is 4.73. The van der Waals surface area contributed by atoms with Crippen molar-refractivity contribution in [2.75, 3.05) is 19.6 Å². The number of nitrogens with zero attached hydrogens (tertiary/aromatic N) is 1. The number of hydrogen-bond acceptors (Lipinski definition) is 3. The van der Waals surface area contributed by atoms with Gasteiger partial charge in [0, 0.05) is 36.1 Å². The highest BCUT2D eigenvalue weighted by Crippen LogP contribution is 2.35. The topological polar surface area (TPSA) is 71.3 Å². The number of rotatable bonds is 3. The third-order valence-corrected chi connectivity index (χ3v) is 4.77. The molecular formula is C19H26FN3O2. The molecule has 1 saturated heterocycles. The Labute approximate surface area is 147 Å². The van der Waals surface area contributed by atoms with E-state index in [1.54, 1.807) is 17.0 Å². The Bertz CT molecular complexity index is 766. The molecule has 6 heteroatoms.